The molecule has 2 heterocycles. The molecule has 1 atom stereocenters. The molecule has 1 saturated carbocycles. The van der Waals surface area contributed by atoms with Gasteiger partial charge in [-0.1, -0.05) is 19.3 Å². The molecule has 8 nitrogen and oxygen atoms in total. The number of carbonyl (C=O) groups excluding carboxylic acids is 3. The van der Waals surface area contributed by atoms with Gasteiger partial charge in [-0.25, -0.2) is 9.78 Å². The fraction of sp³-hybridized carbons (Fsp3) is 0.524. The monoisotopic (exact) mass is 397 g/mol. The number of nitrogens with zero attached hydrogens (tertiary/aromatic N) is 3. The number of imidazole rings is 1. The quantitative estimate of drug-likeness (QED) is 0.758. The summed E-state index contributed by atoms with van der Waals surface area (Å²) < 4.78 is 2.10. The Kier molecular flexibility index (Phi) is 5.25. The van der Waals surface area contributed by atoms with Gasteiger partial charge < -0.3 is 15.2 Å². The molecule has 1 aromatic heterocycles. The van der Waals surface area contributed by atoms with Gasteiger partial charge in [-0.05, 0) is 44.9 Å². The van der Waals surface area contributed by atoms with Crippen molar-refractivity contribution in [2.24, 2.45) is 0 Å². The molecular formula is C21H27N5O3. The number of urea groups is 1. The number of benzene rings is 1. The van der Waals surface area contributed by atoms with Gasteiger partial charge in [-0.3, -0.25) is 14.5 Å². The zero-order chi connectivity index (χ0) is 20.5. The summed E-state index contributed by atoms with van der Waals surface area (Å²) in [5.74, 6) is 0.331. The van der Waals surface area contributed by atoms with E-state index in [0.717, 1.165) is 55.5 Å². The lowest BCUT2D eigenvalue weighted by atomic mass is 9.94. The largest absolute Gasteiger partial charge is 0.329 e. The van der Waals surface area contributed by atoms with E-state index in [1.54, 1.807) is 0 Å². The molecule has 4 rings (SSSR count). The third-order valence-electron chi connectivity index (χ3n) is 5.92. The topological polar surface area (TPSA) is 96.3 Å². The maximum absolute atomic E-state index is 12.7. The van der Waals surface area contributed by atoms with Crippen LogP contribution in [0.3, 0.4) is 0 Å². The SMILES string of the molecule is CCn1c(C)nc2cc(NC(=O)C[C@@H]3NC(=O)N(C4CCCCC4)C3=O)ccc21. The lowest BCUT2D eigenvalue weighted by Crippen LogP contribution is -2.42. The van der Waals surface area contributed by atoms with Crippen LogP contribution in [0.4, 0.5) is 10.5 Å². The lowest BCUT2D eigenvalue weighted by Gasteiger charge is -2.28. The van der Waals surface area contributed by atoms with Gasteiger partial charge in [0.1, 0.15) is 11.9 Å². The van der Waals surface area contributed by atoms with Crippen LogP contribution in [0, 0.1) is 6.92 Å². The number of hydrogen-bond acceptors (Lipinski definition) is 4. The molecular weight excluding hydrogens is 370 g/mol. The Morgan fingerprint density at radius 2 is 2.00 bits per heavy atom. The summed E-state index contributed by atoms with van der Waals surface area (Å²) >= 11 is 0. The maximum atomic E-state index is 12.7. The minimum atomic E-state index is -0.797. The van der Waals surface area contributed by atoms with Crippen molar-refractivity contribution in [3.8, 4) is 0 Å². The summed E-state index contributed by atoms with van der Waals surface area (Å²) in [4.78, 5) is 43.4. The van der Waals surface area contributed by atoms with Crippen LogP contribution in [0.25, 0.3) is 11.0 Å². The van der Waals surface area contributed by atoms with Crippen molar-refractivity contribution in [1.82, 2.24) is 19.8 Å². The second-order valence-electron chi connectivity index (χ2n) is 7.86. The molecule has 0 unspecified atom stereocenters. The first kappa shape index (κ1) is 19.4. The van der Waals surface area contributed by atoms with E-state index in [1.165, 1.54) is 4.90 Å². The highest BCUT2D eigenvalue weighted by Gasteiger charge is 2.42. The third kappa shape index (κ3) is 3.71. The van der Waals surface area contributed by atoms with Gasteiger partial charge in [0.2, 0.25) is 5.91 Å². The Balaban J connectivity index is 1.41. The fourth-order valence-corrected chi connectivity index (χ4v) is 4.50. The Bertz CT molecular complexity index is 961. The normalized spacial score (nSPS) is 20.3. The highest BCUT2D eigenvalue weighted by Crippen LogP contribution is 2.26. The van der Waals surface area contributed by atoms with Gasteiger partial charge in [0.15, 0.2) is 0 Å². The van der Waals surface area contributed by atoms with Crippen molar-refractivity contribution in [2.45, 2.75) is 71.0 Å². The molecule has 1 aliphatic carbocycles. The zero-order valence-corrected chi connectivity index (χ0v) is 16.9. The minimum absolute atomic E-state index is 0.0383. The molecule has 29 heavy (non-hydrogen) atoms. The van der Waals surface area contributed by atoms with Crippen LogP contribution in [0.1, 0.15) is 51.3 Å². The van der Waals surface area contributed by atoms with E-state index in [4.69, 9.17) is 0 Å². The lowest BCUT2D eigenvalue weighted by molar-refractivity contribution is -0.131. The van der Waals surface area contributed by atoms with E-state index in [2.05, 4.69) is 27.1 Å². The number of anilines is 1. The van der Waals surface area contributed by atoms with Crippen LogP contribution in [-0.4, -0.2) is 44.4 Å². The van der Waals surface area contributed by atoms with E-state index < -0.39 is 6.04 Å². The molecule has 1 saturated heterocycles. The van der Waals surface area contributed by atoms with E-state index in [0.29, 0.717) is 5.69 Å². The highest BCUT2D eigenvalue weighted by atomic mass is 16.2. The van der Waals surface area contributed by atoms with Crippen LogP contribution in [-0.2, 0) is 16.1 Å². The molecule has 1 aliphatic heterocycles. The summed E-state index contributed by atoms with van der Waals surface area (Å²) in [7, 11) is 0. The van der Waals surface area contributed by atoms with E-state index in [-0.39, 0.29) is 30.3 Å². The molecule has 4 amide bonds. The van der Waals surface area contributed by atoms with Gasteiger partial charge in [0.05, 0.1) is 17.5 Å². The van der Waals surface area contributed by atoms with Crippen LogP contribution < -0.4 is 10.6 Å². The first-order valence-electron chi connectivity index (χ1n) is 10.4. The minimum Gasteiger partial charge on any atom is -0.329 e. The summed E-state index contributed by atoms with van der Waals surface area (Å²) in [5.41, 5.74) is 2.46. The van der Waals surface area contributed by atoms with Crippen LogP contribution in [0.2, 0.25) is 0 Å². The summed E-state index contributed by atoms with van der Waals surface area (Å²) in [6.45, 7) is 4.84. The van der Waals surface area contributed by atoms with Crippen molar-refractivity contribution in [3.63, 3.8) is 0 Å². The number of aromatic nitrogens is 2. The smallest absolute Gasteiger partial charge is 0.325 e. The number of hydrogen-bond donors (Lipinski definition) is 2. The Morgan fingerprint density at radius 3 is 2.72 bits per heavy atom. The van der Waals surface area contributed by atoms with Crippen molar-refractivity contribution in [1.29, 1.82) is 0 Å². The summed E-state index contributed by atoms with van der Waals surface area (Å²) in [6.07, 6.45) is 4.83. The molecule has 2 aliphatic rings. The first-order chi connectivity index (χ1) is 14.0. The maximum Gasteiger partial charge on any atom is 0.325 e. The Labute approximate surface area is 169 Å². The average molecular weight is 397 g/mol. The number of nitrogens with one attached hydrogen (secondary N) is 2. The molecule has 1 aromatic carbocycles. The number of rotatable bonds is 5. The van der Waals surface area contributed by atoms with Gasteiger partial charge in [-0.15, -0.1) is 0 Å². The van der Waals surface area contributed by atoms with Crippen molar-refractivity contribution in [3.05, 3.63) is 24.0 Å². The number of fused-ring (bicyclic) bond motifs is 1. The summed E-state index contributed by atoms with van der Waals surface area (Å²) in [5, 5.41) is 5.50. The third-order valence-corrected chi connectivity index (χ3v) is 5.92. The number of amides is 4. The number of aryl methyl sites for hydroxylation is 2. The van der Waals surface area contributed by atoms with E-state index >= 15 is 0 Å². The van der Waals surface area contributed by atoms with E-state index in [1.807, 2.05) is 25.1 Å². The van der Waals surface area contributed by atoms with Crippen LogP contribution in [0.5, 0.6) is 0 Å². The molecule has 0 bridgehead atoms. The fourth-order valence-electron chi connectivity index (χ4n) is 4.50. The van der Waals surface area contributed by atoms with Gasteiger partial charge in [0, 0.05) is 18.3 Å². The van der Waals surface area contributed by atoms with E-state index in [9.17, 15) is 14.4 Å². The summed E-state index contributed by atoms with van der Waals surface area (Å²) in [6, 6.07) is 4.38. The second-order valence-corrected chi connectivity index (χ2v) is 7.86. The predicted octanol–water partition coefficient (Wildman–Crippen LogP) is 2.95. The van der Waals surface area contributed by atoms with Crippen LogP contribution >= 0.6 is 0 Å². The molecule has 154 valence electrons. The molecule has 0 spiro atoms. The van der Waals surface area contributed by atoms with Crippen molar-refractivity contribution in [2.75, 3.05) is 5.32 Å². The van der Waals surface area contributed by atoms with Gasteiger partial charge in [0.25, 0.3) is 5.91 Å². The van der Waals surface area contributed by atoms with Gasteiger partial charge in [-0.2, -0.15) is 0 Å². The second kappa shape index (κ2) is 7.85. The molecule has 0 radical (unpaired) electrons. The highest BCUT2D eigenvalue weighted by molar-refractivity contribution is 6.07. The Morgan fingerprint density at radius 1 is 1.24 bits per heavy atom. The Hall–Kier alpha value is -2.90. The first-order valence-corrected chi connectivity index (χ1v) is 10.4. The number of imide groups is 1. The van der Waals surface area contributed by atoms with Crippen LogP contribution in [0.15, 0.2) is 18.2 Å². The molecule has 2 N–H and O–H groups in total. The van der Waals surface area contributed by atoms with Gasteiger partial charge >= 0.3 is 6.03 Å². The molecule has 2 fully saturated rings. The zero-order valence-electron chi connectivity index (χ0n) is 16.9. The van der Waals surface area contributed by atoms with Crippen molar-refractivity contribution >= 4 is 34.6 Å². The molecule has 2 aromatic rings. The average Bonchev–Trinajstić information content (AvgIpc) is 3.16. The number of carbonyl (C=O) groups is 3. The molecule has 8 heteroatoms. The standard InChI is InChI=1S/C21H27N5O3/c1-3-25-13(2)22-16-11-14(9-10-18(16)25)23-19(27)12-17-20(28)26(21(29)24-17)15-7-5-4-6-8-15/h9-11,15,17H,3-8,12H2,1-2H3,(H,23,27)(H,24,29)/t17-/m0/s1. The van der Waals surface area contributed by atoms with Crippen molar-refractivity contribution < 1.29 is 14.4 Å². The predicted molar refractivity (Wildman–Crippen MR) is 109 cm³/mol.